The molecule has 0 spiro atoms. The molecular weight excluding hydrogens is 476 g/mol. The highest BCUT2D eigenvalue weighted by Gasteiger charge is 2.21. The molecule has 2 aromatic carbocycles. The third-order valence-corrected chi connectivity index (χ3v) is 6.64. The Balaban J connectivity index is 1.43. The SMILES string of the molecule is CC(=O)CCCCC[C@H](NC(=O)c1ccncc1)C(=O)NCCc1c(-c2ccccc2)[nH]c2ccccc12. The Labute approximate surface area is 223 Å². The van der Waals surface area contributed by atoms with Crippen LogP contribution in [0, 0.1) is 0 Å². The maximum absolute atomic E-state index is 13.2. The van der Waals surface area contributed by atoms with Crippen LogP contribution >= 0.6 is 0 Å². The van der Waals surface area contributed by atoms with Gasteiger partial charge in [-0.15, -0.1) is 0 Å². The Morgan fingerprint density at radius 1 is 0.895 bits per heavy atom. The van der Waals surface area contributed by atoms with Gasteiger partial charge in [-0.1, -0.05) is 61.4 Å². The fraction of sp³-hybridized carbons (Fsp3) is 0.290. The van der Waals surface area contributed by atoms with Gasteiger partial charge in [-0.3, -0.25) is 14.6 Å². The van der Waals surface area contributed by atoms with Gasteiger partial charge in [-0.2, -0.15) is 0 Å². The molecule has 0 unspecified atom stereocenters. The fourth-order valence-electron chi connectivity index (χ4n) is 4.66. The second-order valence-electron chi connectivity index (χ2n) is 9.49. The number of benzene rings is 2. The number of hydrogen-bond acceptors (Lipinski definition) is 4. The highest BCUT2D eigenvalue weighted by atomic mass is 16.2. The van der Waals surface area contributed by atoms with Gasteiger partial charge < -0.3 is 20.4 Å². The van der Waals surface area contributed by atoms with E-state index in [4.69, 9.17) is 0 Å². The van der Waals surface area contributed by atoms with E-state index >= 15 is 0 Å². The topological polar surface area (TPSA) is 104 Å². The Bertz CT molecular complexity index is 1370. The van der Waals surface area contributed by atoms with Crippen molar-refractivity contribution in [3.8, 4) is 11.3 Å². The van der Waals surface area contributed by atoms with Crippen LogP contribution in [-0.4, -0.2) is 40.2 Å². The molecule has 4 aromatic rings. The summed E-state index contributed by atoms with van der Waals surface area (Å²) in [6, 6.07) is 20.9. The van der Waals surface area contributed by atoms with Crippen molar-refractivity contribution in [1.29, 1.82) is 0 Å². The molecule has 3 N–H and O–H groups in total. The number of unbranched alkanes of at least 4 members (excludes halogenated alkanes) is 2. The summed E-state index contributed by atoms with van der Waals surface area (Å²) in [5.41, 5.74) is 4.81. The Morgan fingerprint density at radius 2 is 1.63 bits per heavy atom. The zero-order valence-corrected chi connectivity index (χ0v) is 21.7. The molecule has 2 amide bonds. The van der Waals surface area contributed by atoms with Gasteiger partial charge in [0.2, 0.25) is 5.91 Å². The maximum atomic E-state index is 13.2. The van der Waals surface area contributed by atoms with Gasteiger partial charge in [-0.05, 0) is 55.5 Å². The van der Waals surface area contributed by atoms with Crippen molar-refractivity contribution in [2.75, 3.05) is 6.54 Å². The van der Waals surface area contributed by atoms with Crippen LogP contribution in [0.5, 0.6) is 0 Å². The van der Waals surface area contributed by atoms with Gasteiger partial charge in [0, 0.05) is 47.5 Å². The van der Waals surface area contributed by atoms with Gasteiger partial charge >= 0.3 is 0 Å². The molecule has 0 saturated heterocycles. The third kappa shape index (κ3) is 7.16. The fourth-order valence-corrected chi connectivity index (χ4v) is 4.66. The summed E-state index contributed by atoms with van der Waals surface area (Å²) in [6.45, 7) is 2.02. The van der Waals surface area contributed by atoms with Crippen molar-refractivity contribution in [2.24, 2.45) is 0 Å². The summed E-state index contributed by atoms with van der Waals surface area (Å²) in [4.78, 5) is 44.7. The third-order valence-electron chi connectivity index (χ3n) is 6.64. The number of H-pyrrole nitrogens is 1. The van der Waals surface area contributed by atoms with Crippen molar-refractivity contribution in [3.63, 3.8) is 0 Å². The van der Waals surface area contributed by atoms with Gasteiger partial charge in [0.1, 0.15) is 11.8 Å². The molecule has 0 radical (unpaired) electrons. The number of Topliss-reactive ketones (excluding diaryl/α,β-unsaturated/α-hetero) is 1. The number of amides is 2. The smallest absolute Gasteiger partial charge is 0.252 e. The first kappa shape index (κ1) is 26.8. The van der Waals surface area contributed by atoms with E-state index in [-0.39, 0.29) is 17.6 Å². The Morgan fingerprint density at radius 3 is 2.39 bits per heavy atom. The van der Waals surface area contributed by atoms with E-state index in [1.165, 1.54) is 0 Å². The lowest BCUT2D eigenvalue weighted by atomic mass is 10.0. The average molecular weight is 511 g/mol. The van der Waals surface area contributed by atoms with E-state index in [0.29, 0.717) is 31.4 Å². The molecule has 0 fully saturated rings. The van der Waals surface area contributed by atoms with Gasteiger partial charge in [0.15, 0.2) is 0 Å². The number of ketones is 1. The minimum absolute atomic E-state index is 0.164. The predicted molar refractivity (Wildman–Crippen MR) is 150 cm³/mol. The van der Waals surface area contributed by atoms with Crippen molar-refractivity contribution >= 4 is 28.5 Å². The quantitative estimate of drug-likeness (QED) is 0.214. The summed E-state index contributed by atoms with van der Waals surface area (Å²) < 4.78 is 0. The number of aromatic nitrogens is 2. The molecule has 0 aliphatic heterocycles. The van der Waals surface area contributed by atoms with Crippen LogP contribution < -0.4 is 10.6 Å². The summed E-state index contributed by atoms with van der Waals surface area (Å²) in [6.07, 6.45) is 7.13. The molecule has 0 saturated carbocycles. The van der Waals surface area contributed by atoms with E-state index in [2.05, 4.69) is 44.9 Å². The highest BCUT2D eigenvalue weighted by molar-refractivity contribution is 5.97. The number of fused-ring (bicyclic) bond motifs is 1. The van der Waals surface area contributed by atoms with Gasteiger partial charge in [-0.25, -0.2) is 0 Å². The van der Waals surface area contributed by atoms with E-state index in [0.717, 1.165) is 47.0 Å². The van der Waals surface area contributed by atoms with Crippen LogP contribution in [0.4, 0.5) is 0 Å². The number of hydrogen-bond donors (Lipinski definition) is 3. The van der Waals surface area contributed by atoms with Gasteiger partial charge in [0.25, 0.3) is 5.91 Å². The minimum Gasteiger partial charge on any atom is -0.354 e. The van der Waals surface area contributed by atoms with Crippen molar-refractivity contribution < 1.29 is 14.4 Å². The van der Waals surface area contributed by atoms with Crippen LogP contribution in [0.2, 0.25) is 0 Å². The van der Waals surface area contributed by atoms with E-state index in [1.807, 2.05) is 30.3 Å². The summed E-state index contributed by atoms with van der Waals surface area (Å²) in [5.74, 6) is -0.350. The Kier molecular flexibility index (Phi) is 9.40. The summed E-state index contributed by atoms with van der Waals surface area (Å²) in [5, 5.41) is 7.07. The normalized spacial score (nSPS) is 11.7. The maximum Gasteiger partial charge on any atom is 0.252 e. The molecule has 196 valence electrons. The monoisotopic (exact) mass is 510 g/mol. The van der Waals surface area contributed by atoms with Crippen LogP contribution in [0.15, 0.2) is 79.1 Å². The van der Waals surface area contributed by atoms with Crippen LogP contribution in [0.3, 0.4) is 0 Å². The summed E-state index contributed by atoms with van der Waals surface area (Å²) >= 11 is 0. The zero-order chi connectivity index (χ0) is 26.7. The lowest BCUT2D eigenvalue weighted by molar-refractivity contribution is -0.123. The van der Waals surface area contributed by atoms with Crippen molar-refractivity contribution in [2.45, 2.75) is 51.5 Å². The first-order chi connectivity index (χ1) is 18.5. The molecular formula is C31H34N4O3. The molecule has 7 nitrogen and oxygen atoms in total. The first-order valence-electron chi connectivity index (χ1n) is 13.2. The van der Waals surface area contributed by atoms with E-state index in [1.54, 1.807) is 31.5 Å². The molecule has 7 heteroatoms. The van der Waals surface area contributed by atoms with Crippen LogP contribution in [0.1, 0.15) is 54.9 Å². The lowest BCUT2D eigenvalue weighted by Crippen LogP contribution is -2.47. The van der Waals surface area contributed by atoms with Crippen LogP contribution in [-0.2, 0) is 16.0 Å². The number of pyridine rings is 1. The first-order valence-corrected chi connectivity index (χ1v) is 13.2. The average Bonchev–Trinajstić information content (AvgIpc) is 3.31. The molecule has 1 atom stereocenters. The second kappa shape index (κ2) is 13.3. The number of aromatic amines is 1. The minimum atomic E-state index is -0.662. The predicted octanol–water partition coefficient (Wildman–Crippen LogP) is 5.23. The zero-order valence-electron chi connectivity index (χ0n) is 21.7. The highest BCUT2D eigenvalue weighted by Crippen LogP contribution is 2.30. The lowest BCUT2D eigenvalue weighted by Gasteiger charge is -2.19. The number of nitrogens with zero attached hydrogens (tertiary/aromatic N) is 1. The standard InChI is InChI=1S/C31H34N4O3/c1-22(36)10-4-2-7-15-28(35-30(37)24-16-19-32-20-17-24)31(38)33-21-18-26-25-13-8-9-14-27(25)34-29(26)23-11-5-3-6-12-23/h3,5-6,8-9,11-14,16-17,19-20,28,34H,2,4,7,10,15,18,21H2,1H3,(H,33,38)(H,35,37)/t28-/m0/s1. The largest absolute Gasteiger partial charge is 0.354 e. The number of para-hydroxylation sites is 1. The van der Waals surface area contributed by atoms with E-state index in [9.17, 15) is 14.4 Å². The molecule has 0 aliphatic carbocycles. The molecule has 0 aliphatic rings. The van der Waals surface area contributed by atoms with E-state index < -0.39 is 6.04 Å². The van der Waals surface area contributed by atoms with Crippen molar-refractivity contribution in [3.05, 3.63) is 90.3 Å². The molecule has 4 rings (SSSR count). The number of carbonyl (C=O) groups is 3. The van der Waals surface area contributed by atoms with Crippen LogP contribution in [0.25, 0.3) is 22.2 Å². The van der Waals surface area contributed by atoms with Gasteiger partial charge in [0.05, 0.1) is 0 Å². The van der Waals surface area contributed by atoms with Crippen molar-refractivity contribution in [1.82, 2.24) is 20.6 Å². The molecule has 38 heavy (non-hydrogen) atoms. The molecule has 2 aromatic heterocycles. The number of nitrogens with one attached hydrogen (secondary N) is 3. The number of carbonyl (C=O) groups excluding carboxylic acids is 3. The summed E-state index contributed by atoms with van der Waals surface area (Å²) in [7, 11) is 0. The molecule has 2 heterocycles. The Hall–Kier alpha value is -4.26. The molecule has 0 bridgehead atoms. The second-order valence-corrected chi connectivity index (χ2v) is 9.49. The number of rotatable bonds is 13.